The lowest BCUT2D eigenvalue weighted by Crippen LogP contribution is -2.26. The topological polar surface area (TPSA) is 67.4 Å². The summed E-state index contributed by atoms with van der Waals surface area (Å²) in [6.07, 6.45) is 48.5. The molecule has 0 saturated carbocycles. The van der Waals surface area contributed by atoms with Gasteiger partial charge in [0.05, 0.1) is 12.2 Å². The average molecular weight is 783 g/mol. The number of carbonyl (C=O) groups excluding carboxylic acids is 2. The summed E-state index contributed by atoms with van der Waals surface area (Å²) in [6.45, 7) is 8.75. The minimum atomic E-state index is -0.102. The first-order valence-electron chi connectivity index (χ1n) is 25.0. The summed E-state index contributed by atoms with van der Waals surface area (Å²) in [4.78, 5) is 26.4. The number of amides is 2. The Hall–Kier alpha value is -2.04. The normalized spacial score (nSPS) is 11.3. The van der Waals surface area contributed by atoms with Crippen molar-refractivity contribution in [3.05, 3.63) is 29.3 Å². The lowest BCUT2D eigenvalue weighted by Gasteiger charge is -2.14. The number of hydrogen-bond acceptors (Lipinski definition) is 3. The molecular weight excluding hydrogens is 689 g/mol. The molecule has 56 heavy (non-hydrogen) atoms. The molecule has 0 heterocycles. The zero-order valence-electron chi connectivity index (χ0n) is 37.7. The van der Waals surface area contributed by atoms with Crippen molar-refractivity contribution in [3.63, 3.8) is 0 Å². The van der Waals surface area contributed by atoms with Gasteiger partial charge in [-0.3, -0.25) is 9.59 Å². The summed E-state index contributed by atoms with van der Waals surface area (Å²) in [6, 6.07) is 5.35. The number of nitrogens with one attached hydrogen (secondary N) is 2. The molecule has 1 aromatic rings. The molecule has 2 amide bonds. The predicted molar refractivity (Wildman–Crippen MR) is 244 cm³/mol. The lowest BCUT2D eigenvalue weighted by molar-refractivity contribution is 0.0937. The van der Waals surface area contributed by atoms with Gasteiger partial charge in [-0.1, -0.05) is 239 Å². The minimum absolute atomic E-state index is 0.0825. The molecular formula is C51H94N2O3. The van der Waals surface area contributed by atoms with E-state index in [-0.39, 0.29) is 11.8 Å². The van der Waals surface area contributed by atoms with E-state index in [1.165, 1.54) is 199 Å². The Bertz CT molecular complexity index is 1010. The molecule has 1 rings (SSSR count). The smallest absolute Gasteiger partial charge is 0.255 e. The molecule has 0 fully saturated rings. The van der Waals surface area contributed by atoms with Crippen LogP contribution in [0.3, 0.4) is 0 Å². The molecule has 0 aliphatic carbocycles. The van der Waals surface area contributed by atoms with Crippen LogP contribution in [0.1, 0.15) is 279 Å². The number of unbranched alkanes of at least 4 members (excludes halogenated alkanes) is 34. The fraction of sp³-hybridized carbons (Fsp3) is 0.843. The number of hydrogen-bond donors (Lipinski definition) is 2. The van der Waals surface area contributed by atoms with Gasteiger partial charge in [-0.25, -0.2) is 0 Å². The van der Waals surface area contributed by atoms with Crippen molar-refractivity contribution in [2.24, 2.45) is 0 Å². The molecule has 0 bridgehead atoms. The van der Waals surface area contributed by atoms with Gasteiger partial charge in [0.15, 0.2) is 0 Å². The predicted octanol–water partition coefficient (Wildman–Crippen LogP) is 16.0. The Balaban J connectivity index is 2.33. The van der Waals surface area contributed by atoms with Crippen LogP contribution in [-0.2, 0) is 0 Å². The third-order valence-electron chi connectivity index (χ3n) is 11.6. The highest BCUT2D eigenvalue weighted by atomic mass is 16.5. The third-order valence-corrected chi connectivity index (χ3v) is 11.6. The second kappa shape index (κ2) is 41.1. The van der Waals surface area contributed by atoms with Crippen LogP contribution in [0.4, 0.5) is 0 Å². The molecule has 326 valence electrons. The van der Waals surface area contributed by atoms with Gasteiger partial charge in [-0.15, -0.1) is 0 Å². The lowest BCUT2D eigenvalue weighted by atomic mass is 10.0. The Morgan fingerprint density at radius 2 is 0.696 bits per heavy atom. The fourth-order valence-electron chi connectivity index (χ4n) is 7.81. The Morgan fingerprint density at radius 1 is 0.393 bits per heavy atom. The standard InChI is InChI=1S/C51H94N2O3/c1-4-7-10-13-16-18-20-22-24-26-28-30-32-35-38-43-52-50(54)47-41-42-48(49(46-47)56-45-40-37-34-15-12-9-6-3)51(55)53-44-39-36-33-31-29-27-25-23-21-19-17-14-11-8-5-2/h41-42,46H,4-40,43-45H2,1-3H3,(H,52,54)(H,53,55). The van der Waals surface area contributed by atoms with Crippen molar-refractivity contribution in [2.45, 2.75) is 258 Å². The van der Waals surface area contributed by atoms with Gasteiger partial charge < -0.3 is 15.4 Å². The summed E-state index contributed by atoms with van der Waals surface area (Å²) in [5.74, 6) is 0.347. The molecule has 2 N–H and O–H groups in total. The van der Waals surface area contributed by atoms with Gasteiger partial charge >= 0.3 is 0 Å². The number of benzene rings is 1. The molecule has 0 aromatic heterocycles. The van der Waals surface area contributed by atoms with Crippen molar-refractivity contribution in [2.75, 3.05) is 19.7 Å². The van der Waals surface area contributed by atoms with Gasteiger partial charge in [-0.2, -0.15) is 0 Å². The van der Waals surface area contributed by atoms with Crippen LogP contribution in [0, 0.1) is 0 Å². The summed E-state index contributed by atoms with van der Waals surface area (Å²) < 4.78 is 6.20. The Morgan fingerprint density at radius 3 is 1.05 bits per heavy atom. The molecule has 0 atom stereocenters. The van der Waals surface area contributed by atoms with Crippen LogP contribution < -0.4 is 15.4 Å². The number of carbonyl (C=O) groups is 2. The zero-order chi connectivity index (χ0) is 40.4. The van der Waals surface area contributed by atoms with Crippen LogP contribution in [0.15, 0.2) is 18.2 Å². The van der Waals surface area contributed by atoms with E-state index in [4.69, 9.17) is 4.74 Å². The average Bonchev–Trinajstić information content (AvgIpc) is 3.21. The van der Waals surface area contributed by atoms with Gasteiger partial charge in [0.25, 0.3) is 11.8 Å². The highest BCUT2D eigenvalue weighted by molar-refractivity contribution is 6.00. The maximum Gasteiger partial charge on any atom is 0.255 e. The van der Waals surface area contributed by atoms with E-state index in [0.29, 0.717) is 36.6 Å². The van der Waals surface area contributed by atoms with Crippen molar-refractivity contribution in [1.29, 1.82) is 0 Å². The molecule has 1 aromatic carbocycles. The van der Waals surface area contributed by atoms with Crippen molar-refractivity contribution >= 4 is 11.8 Å². The molecule has 0 radical (unpaired) electrons. The second-order valence-electron chi connectivity index (χ2n) is 17.1. The van der Waals surface area contributed by atoms with E-state index < -0.39 is 0 Å². The molecule has 5 nitrogen and oxygen atoms in total. The van der Waals surface area contributed by atoms with E-state index >= 15 is 0 Å². The van der Waals surface area contributed by atoms with Crippen molar-refractivity contribution in [1.82, 2.24) is 10.6 Å². The monoisotopic (exact) mass is 783 g/mol. The first-order valence-corrected chi connectivity index (χ1v) is 25.0. The largest absolute Gasteiger partial charge is 0.493 e. The molecule has 5 heteroatoms. The van der Waals surface area contributed by atoms with Crippen LogP contribution >= 0.6 is 0 Å². The summed E-state index contributed by atoms with van der Waals surface area (Å²) in [5, 5.41) is 6.24. The van der Waals surface area contributed by atoms with Gasteiger partial charge in [0.1, 0.15) is 5.75 Å². The summed E-state index contributed by atoms with van der Waals surface area (Å²) >= 11 is 0. The van der Waals surface area contributed by atoms with Gasteiger partial charge in [-0.05, 0) is 37.5 Å². The quantitative estimate of drug-likeness (QED) is 0.0648. The molecule has 0 aliphatic rings. The molecule has 0 spiro atoms. The second-order valence-corrected chi connectivity index (χ2v) is 17.1. The zero-order valence-corrected chi connectivity index (χ0v) is 37.7. The molecule has 0 saturated heterocycles. The van der Waals surface area contributed by atoms with Crippen LogP contribution in [-0.4, -0.2) is 31.5 Å². The summed E-state index contributed by atoms with van der Waals surface area (Å²) in [7, 11) is 0. The first kappa shape index (κ1) is 52.0. The Kier molecular flexibility index (Phi) is 38.2. The van der Waals surface area contributed by atoms with Crippen molar-refractivity contribution < 1.29 is 14.3 Å². The molecule has 0 aliphatic heterocycles. The van der Waals surface area contributed by atoms with Gasteiger partial charge in [0.2, 0.25) is 0 Å². The highest BCUT2D eigenvalue weighted by Crippen LogP contribution is 2.22. The highest BCUT2D eigenvalue weighted by Gasteiger charge is 2.16. The fourth-order valence-corrected chi connectivity index (χ4v) is 7.81. The first-order chi connectivity index (χ1) is 27.6. The SMILES string of the molecule is CCCCCCCCCCCCCCCCCNC(=O)c1ccc(C(=O)NCCCCCCCCCCCCCCCCC)c(OCCCCCCCCC)c1. The van der Waals surface area contributed by atoms with E-state index in [0.717, 1.165) is 38.5 Å². The van der Waals surface area contributed by atoms with Crippen LogP contribution in [0.2, 0.25) is 0 Å². The van der Waals surface area contributed by atoms with Crippen molar-refractivity contribution in [3.8, 4) is 5.75 Å². The number of ether oxygens (including phenoxy) is 1. The Labute approximate surface area is 348 Å². The van der Waals surface area contributed by atoms with E-state index in [9.17, 15) is 9.59 Å². The maximum atomic E-state index is 13.3. The molecule has 0 unspecified atom stereocenters. The van der Waals surface area contributed by atoms with Crippen LogP contribution in [0.25, 0.3) is 0 Å². The van der Waals surface area contributed by atoms with Crippen LogP contribution in [0.5, 0.6) is 5.75 Å². The van der Waals surface area contributed by atoms with Gasteiger partial charge in [0, 0.05) is 18.7 Å². The number of rotatable bonds is 43. The van der Waals surface area contributed by atoms with E-state index in [2.05, 4.69) is 31.4 Å². The maximum absolute atomic E-state index is 13.3. The van der Waals surface area contributed by atoms with E-state index in [1.54, 1.807) is 18.2 Å². The van der Waals surface area contributed by atoms with E-state index in [1.807, 2.05) is 0 Å². The third kappa shape index (κ3) is 32.0. The minimum Gasteiger partial charge on any atom is -0.493 e. The summed E-state index contributed by atoms with van der Waals surface area (Å²) in [5.41, 5.74) is 1.10.